The van der Waals surface area contributed by atoms with Crippen molar-refractivity contribution in [3.63, 3.8) is 0 Å². The molecule has 3 rings (SSSR count). The van der Waals surface area contributed by atoms with Crippen LogP contribution >= 0.6 is 0 Å². The lowest BCUT2D eigenvalue weighted by atomic mass is 10.2. The molecule has 1 aromatic carbocycles. The molecule has 1 aliphatic rings. The van der Waals surface area contributed by atoms with E-state index in [9.17, 15) is 0 Å². The fourth-order valence-electron chi connectivity index (χ4n) is 2.77. The van der Waals surface area contributed by atoms with Gasteiger partial charge in [0.15, 0.2) is 0 Å². The Labute approximate surface area is 130 Å². The Hall–Kier alpha value is -1.76. The standard InChI is InChI=1S/C16H22N4O2/c1-13(20-9-7-19(8-10-20)11-12-21)15-17-18-16(22-15)14-5-3-2-4-6-14/h2-6,13,21H,7-12H2,1H3. The summed E-state index contributed by atoms with van der Waals surface area (Å²) in [6.45, 7) is 6.90. The summed E-state index contributed by atoms with van der Waals surface area (Å²) in [5, 5.41) is 17.4. The van der Waals surface area contributed by atoms with E-state index in [-0.39, 0.29) is 12.6 Å². The second-order valence-corrected chi connectivity index (χ2v) is 5.59. The largest absolute Gasteiger partial charge is 0.419 e. The minimum Gasteiger partial charge on any atom is -0.419 e. The molecular formula is C16H22N4O2. The molecule has 1 aromatic heterocycles. The van der Waals surface area contributed by atoms with Crippen molar-refractivity contribution < 1.29 is 9.52 Å². The van der Waals surface area contributed by atoms with E-state index in [0.717, 1.165) is 38.3 Å². The van der Waals surface area contributed by atoms with Gasteiger partial charge in [-0.15, -0.1) is 10.2 Å². The normalized spacial score (nSPS) is 18.5. The maximum Gasteiger partial charge on any atom is 0.247 e. The van der Waals surface area contributed by atoms with E-state index in [4.69, 9.17) is 9.52 Å². The minimum atomic E-state index is 0.112. The van der Waals surface area contributed by atoms with Crippen LogP contribution in [0.1, 0.15) is 18.9 Å². The van der Waals surface area contributed by atoms with Crippen LogP contribution in [0.2, 0.25) is 0 Å². The molecule has 1 saturated heterocycles. The van der Waals surface area contributed by atoms with Crippen LogP contribution in [0.15, 0.2) is 34.7 Å². The highest BCUT2D eigenvalue weighted by Crippen LogP contribution is 2.24. The molecule has 0 amide bonds. The average molecular weight is 302 g/mol. The summed E-state index contributed by atoms with van der Waals surface area (Å²) in [5.41, 5.74) is 0.946. The SMILES string of the molecule is CC(c1nnc(-c2ccccc2)o1)N1CCN(CCO)CC1. The maximum atomic E-state index is 8.99. The van der Waals surface area contributed by atoms with Crippen LogP contribution in [0.25, 0.3) is 11.5 Å². The van der Waals surface area contributed by atoms with Gasteiger partial charge in [0.2, 0.25) is 11.8 Å². The molecule has 1 aliphatic heterocycles. The van der Waals surface area contributed by atoms with Crippen LogP contribution in [0, 0.1) is 0 Å². The van der Waals surface area contributed by atoms with Crippen molar-refractivity contribution in [2.45, 2.75) is 13.0 Å². The Bertz CT molecular complexity index is 579. The Kier molecular flexibility index (Phi) is 4.82. The summed E-state index contributed by atoms with van der Waals surface area (Å²) >= 11 is 0. The van der Waals surface area contributed by atoms with Gasteiger partial charge in [-0.1, -0.05) is 18.2 Å². The minimum absolute atomic E-state index is 0.112. The number of aromatic nitrogens is 2. The van der Waals surface area contributed by atoms with Crippen LogP contribution in [-0.2, 0) is 0 Å². The molecule has 1 fully saturated rings. The number of hydrogen-bond donors (Lipinski definition) is 1. The predicted octanol–water partition coefficient (Wildman–Crippen LogP) is 1.41. The van der Waals surface area contributed by atoms with Gasteiger partial charge in [-0.3, -0.25) is 9.80 Å². The van der Waals surface area contributed by atoms with Gasteiger partial charge in [0.25, 0.3) is 0 Å². The Morgan fingerprint density at radius 2 is 1.86 bits per heavy atom. The van der Waals surface area contributed by atoms with E-state index in [1.54, 1.807) is 0 Å². The first-order valence-corrected chi connectivity index (χ1v) is 7.74. The summed E-state index contributed by atoms with van der Waals surface area (Å²) in [6, 6.07) is 9.94. The van der Waals surface area contributed by atoms with Crippen molar-refractivity contribution in [2.24, 2.45) is 0 Å². The van der Waals surface area contributed by atoms with E-state index >= 15 is 0 Å². The molecule has 118 valence electrons. The molecule has 0 bridgehead atoms. The molecule has 0 aliphatic carbocycles. The van der Waals surface area contributed by atoms with E-state index < -0.39 is 0 Å². The third-order valence-corrected chi connectivity index (χ3v) is 4.19. The zero-order valence-corrected chi connectivity index (χ0v) is 12.9. The average Bonchev–Trinajstić information content (AvgIpc) is 3.06. The Balaban J connectivity index is 1.64. The fourth-order valence-corrected chi connectivity index (χ4v) is 2.77. The lowest BCUT2D eigenvalue weighted by Gasteiger charge is -2.36. The molecule has 0 spiro atoms. The van der Waals surface area contributed by atoms with Gasteiger partial charge in [-0.25, -0.2) is 0 Å². The lowest BCUT2D eigenvalue weighted by molar-refractivity contribution is 0.0802. The number of rotatable bonds is 5. The summed E-state index contributed by atoms with van der Waals surface area (Å²) < 4.78 is 5.84. The van der Waals surface area contributed by atoms with Crippen molar-refractivity contribution >= 4 is 0 Å². The van der Waals surface area contributed by atoms with Gasteiger partial charge in [0.05, 0.1) is 12.6 Å². The molecule has 6 heteroatoms. The maximum absolute atomic E-state index is 8.99. The highest BCUT2D eigenvalue weighted by Gasteiger charge is 2.25. The second-order valence-electron chi connectivity index (χ2n) is 5.59. The molecule has 1 atom stereocenters. The van der Waals surface area contributed by atoms with Gasteiger partial charge in [0, 0.05) is 38.3 Å². The monoisotopic (exact) mass is 302 g/mol. The van der Waals surface area contributed by atoms with Crippen LogP contribution < -0.4 is 0 Å². The number of benzene rings is 1. The fraction of sp³-hybridized carbons (Fsp3) is 0.500. The summed E-state index contributed by atoms with van der Waals surface area (Å²) in [5.74, 6) is 1.23. The topological polar surface area (TPSA) is 65.6 Å². The summed E-state index contributed by atoms with van der Waals surface area (Å²) in [6.07, 6.45) is 0. The van der Waals surface area contributed by atoms with Crippen molar-refractivity contribution in [1.29, 1.82) is 0 Å². The smallest absolute Gasteiger partial charge is 0.247 e. The number of nitrogens with zero attached hydrogens (tertiary/aromatic N) is 4. The molecule has 1 N–H and O–H groups in total. The van der Waals surface area contributed by atoms with Crippen LogP contribution in [0.5, 0.6) is 0 Å². The van der Waals surface area contributed by atoms with Crippen LogP contribution in [0.4, 0.5) is 0 Å². The van der Waals surface area contributed by atoms with Gasteiger partial charge in [-0.05, 0) is 19.1 Å². The van der Waals surface area contributed by atoms with E-state index in [1.165, 1.54) is 0 Å². The van der Waals surface area contributed by atoms with Crippen LogP contribution in [0.3, 0.4) is 0 Å². The zero-order valence-electron chi connectivity index (χ0n) is 12.9. The van der Waals surface area contributed by atoms with Gasteiger partial charge in [-0.2, -0.15) is 0 Å². The first-order chi connectivity index (χ1) is 10.8. The van der Waals surface area contributed by atoms with Crippen molar-refractivity contribution in [1.82, 2.24) is 20.0 Å². The molecule has 2 aromatic rings. The van der Waals surface area contributed by atoms with E-state index in [0.29, 0.717) is 11.8 Å². The lowest BCUT2D eigenvalue weighted by Crippen LogP contribution is -2.47. The summed E-state index contributed by atoms with van der Waals surface area (Å²) in [7, 11) is 0. The van der Waals surface area contributed by atoms with Crippen molar-refractivity contribution in [2.75, 3.05) is 39.3 Å². The molecule has 0 radical (unpaired) electrons. The molecular weight excluding hydrogens is 280 g/mol. The Morgan fingerprint density at radius 1 is 1.14 bits per heavy atom. The molecule has 1 unspecified atom stereocenters. The number of β-amino-alcohol motifs (C(OH)–C–C–N with tert-alkyl or cyclic N) is 1. The van der Waals surface area contributed by atoms with Gasteiger partial charge < -0.3 is 9.52 Å². The molecule has 6 nitrogen and oxygen atoms in total. The number of aliphatic hydroxyl groups excluding tert-OH is 1. The first-order valence-electron chi connectivity index (χ1n) is 7.74. The van der Waals surface area contributed by atoms with Crippen LogP contribution in [-0.4, -0.2) is 64.4 Å². The predicted molar refractivity (Wildman–Crippen MR) is 83.2 cm³/mol. The quantitative estimate of drug-likeness (QED) is 0.901. The van der Waals surface area contributed by atoms with E-state index in [1.807, 2.05) is 30.3 Å². The highest BCUT2D eigenvalue weighted by molar-refractivity contribution is 5.51. The number of aliphatic hydroxyl groups is 1. The zero-order chi connectivity index (χ0) is 15.4. The highest BCUT2D eigenvalue weighted by atomic mass is 16.4. The third-order valence-electron chi connectivity index (χ3n) is 4.19. The Morgan fingerprint density at radius 3 is 2.55 bits per heavy atom. The molecule has 0 saturated carbocycles. The number of piperazine rings is 1. The number of hydrogen-bond acceptors (Lipinski definition) is 6. The van der Waals surface area contributed by atoms with Gasteiger partial charge in [0.1, 0.15) is 0 Å². The van der Waals surface area contributed by atoms with Crippen molar-refractivity contribution in [3.05, 3.63) is 36.2 Å². The molecule has 22 heavy (non-hydrogen) atoms. The molecule has 2 heterocycles. The van der Waals surface area contributed by atoms with Gasteiger partial charge >= 0.3 is 0 Å². The van der Waals surface area contributed by atoms with Crippen molar-refractivity contribution in [3.8, 4) is 11.5 Å². The van der Waals surface area contributed by atoms with E-state index in [2.05, 4.69) is 26.9 Å². The first kappa shape index (κ1) is 15.1. The second kappa shape index (κ2) is 7.00. The third kappa shape index (κ3) is 3.35. The summed E-state index contributed by atoms with van der Waals surface area (Å²) in [4.78, 5) is 4.61.